The fraction of sp³-hybridized carbons (Fsp3) is 0.304. The molecule has 0 bridgehead atoms. The molecule has 30 heavy (non-hydrogen) atoms. The fourth-order valence-electron chi connectivity index (χ4n) is 3.68. The van der Waals surface area contributed by atoms with Crippen LogP contribution in [0.15, 0.2) is 53.3 Å². The molecule has 1 atom stereocenters. The van der Waals surface area contributed by atoms with Crippen LogP contribution in [0.5, 0.6) is 0 Å². The summed E-state index contributed by atoms with van der Waals surface area (Å²) in [4.78, 5) is 46.8. The van der Waals surface area contributed by atoms with Gasteiger partial charge in [0.2, 0.25) is 0 Å². The molecule has 1 aliphatic rings. The third kappa shape index (κ3) is 3.96. The van der Waals surface area contributed by atoms with Gasteiger partial charge >= 0.3 is 5.97 Å². The Kier molecular flexibility index (Phi) is 5.61. The molecule has 0 saturated heterocycles. The molecular weight excluding hydrogens is 382 g/mol. The van der Waals surface area contributed by atoms with E-state index in [0.717, 1.165) is 18.4 Å². The van der Waals surface area contributed by atoms with Crippen LogP contribution >= 0.6 is 0 Å². The van der Waals surface area contributed by atoms with Gasteiger partial charge in [0.15, 0.2) is 6.10 Å². The molecule has 4 rings (SSSR count). The number of hydrogen-bond acceptors (Lipinski definition) is 5. The van der Waals surface area contributed by atoms with Gasteiger partial charge in [0.05, 0.1) is 23.0 Å². The summed E-state index contributed by atoms with van der Waals surface area (Å²) in [6, 6.07) is 14.2. The smallest absolute Gasteiger partial charge is 0.339 e. The first-order valence-electron chi connectivity index (χ1n) is 10.1. The third-order valence-electron chi connectivity index (χ3n) is 5.26. The lowest BCUT2D eigenvalue weighted by atomic mass is 9.98. The zero-order chi connectivity index (χ0) is 21.1. The van der Waals surface area contributed by atoms with E-state index in [9.17, 15) is 14.4 Å². The number of hydrogen-bond donors (Lipinski definition) is 1. The number of unbranched alkanes of at least 4 members (excludes halogenated alkanes) is 1. The van der Waals surface area contributed by atoms with Crippen LogP contribution in [-0.2, 0) is 22.5 Å². The van der Waals surface area contributed by atoms with E-state index >= 15 is 0 Å². The molecule has 0 radical (unpaired) electrons. The molecule has 1 aromatic heterocycles. The highest BCUT2D eigenvalue weighted by molar-refractivity contribution is 5.95. The zero-order valence-corrected chi connectivity index (χ0v) is 16.8. The number of esters is 1. The van der Waals surface area contributed by atoms with Crippen LogP contribution in [-0.4, -0.2) is 39.4 Å². The number of para-hydroxylation sites is 1. The van der Waals surface area contributed by atoms with Crippen molar-refractivity contribution in [3.8, 4) is 0 Å². The predicted molar refractivity (Wildman–Crippen MR) is 112 cm³/mol. The van der Waals surface area contributed by atoms with Gasteiger partial charge < -0.3 is 14.6 Å². The van der Waals surface area contributed by atoms with Crippen LogP contribution in [0.4, 0.5) is 0 Å². The molecule has 7 heteroatoms. The summed E-state index contributed by atoms with van der Waals surface area (Å²) in [6.07, 6.45) is 1.15. The van der Waals surface area contributed by atoms with E-state index in [1.807, 2.05) is 25.1 Å². The molecule has 0 aliphatic carbocycles. The largest absolute Gasteiger partial charge is 0.448 e. The number of carbonyl (C=O) groups excluding carboxylic acids is 2. The minimum Gasteiger partial charge on any atom is -0.448 e. The van der Waals surface area contributed by atoms with Gasteiger partial charge in [-0.15, -0.1) is 0 Å². The van der Waals surface area contributed by atoms with Crippen LogP contribution in [0.3, 0.4) is 0 Å². The Morgan fingerprint density at radius 1 is 1.17 bits per heavy atom. The number of rotatable bonds is 6. The summed E-state index contributed by atoms with van der Waals surface area (Å²) < 4.78 is 5.44. The number of nitrogens with zero attached hydrogens (tertiary/aromatic N) is 2. The van der Waals surface area contributed by atoms with Crippen molar-refractivity contribution in [2.24, 2.45) is 0 Å². The van der Waals surface area contributed by atoms with Crippen molar-refractivity contribution in [2.45, 2.75) is 38.8 Å². The molecule has 2 aromatic carbocycles. The van der Waals surface area contributed by atoms with Gasteiger partial charge in [-0.2, -0.15) is 0 Å². The number of H-pyrrole nitrogens is 1. The quantitative estimate of drug-likeness (QED) is 0.637. The molecule has 0 saturated carbocycles. The predicted octanol–water partition coefficient (Wildman–Crippen LogP) is 2.83. The van der Waals surface area contributed by atoms with Crippen molar-refractivity contribution in [3.05, 3.63) is 75.8 Å². The molecule has 7 nitrogen and oxygen atoms in total. The first-order chi connectivity index (χ1) is 14.6. The Balaban J connectivity index is 1.59. The highest BCUT2D eigenvalue weighted by Crippen LogP contribution is 2.22. The van der Waals surface area contributed by atoms with Crippen LogP contribution < -0.4 is 5.56 Å². The second kappa shape index (κ2) is 8.49. The van der Waals surface area contributed by atoms with E-state index in [4.69, 9.17) is 4.74 Å². The van der Waals surface area contributed by atoms with E-state index in [2.05, 4.69) is 9.97 Å². The SMILES string of the molecule is CCCCN(Cc1nc2ccccc2c(=O)[nH]1)C(=O)[C@H]1Cc2ccccc2C(=O)O1. The van der Waals surface area contributed by atoms with Crippen molar-refractivity contribution in [1.29, 1.82) is 0 Å². The van der Waals surface area contributed by atoms with Crippen molar-refractivity contribution < 1.29 is 14.3 Å². The number of aromatic amines is 1. The highest BCUT2D eigenvalue weighted by atomic mass is 16.5. The zero-order valence-electron chi connectivity index (χ0n) is 16.8. The highest BCUT2D eigenvalue weighted by Gasteiger charge is 2.34. The monoisotopic (exact) mass is 405 g/mol. The Morgan fingerprint density at radius 3 is 2.77 bits per heavy atom. The van der Waals surface area contributed by atoms with Crippen molar-refractivity contribution in [1.82, 2.24) is 14.9 Å². The summed E-state index contributed by atoms with van der Waals surface area (Å²) >= 11 is 0. The lowest BCUT2D eigenvalue weighted by Crippen LogP contribution is -2.45. The second-order valence-electron chi connectivity index (χ2n) is 7.40. The topological polar surface area (TPSA) is 92.4 Å². The Hall–Kier alpha value is -3.48. The maximum absolute atomic E-state index is 13.2. The van der Waals surface area contributed by atoms with Crippen molar-refractivity contribution in [3.63, 3.8) is 0 Å². The van der Waals surface area contributed by atoms with Gasteiger partial charge in [-0.1, -0.05) is 43.7 Å². The Morgan fingerprint density at radius 2 is 1.93 bits per heavy atom. The summed E-state index contributed by atoms with van der Waals surface area (Å²) in [5.74, 6) is -0.351. The average molecular weight is 405 g/mol. The molecule has 0 unspecified atom stereocenters. The van der Waals surface area contributed by atoms with Gasteiger partial charge in [-0.05, 0) is 30.2 Å². The van der Waals surface area contributed by atoms with Gasteiger partial charge in [-0.25, -0.2) is 9.78 Å². The third-order valence-corrected chi connectivity index (χ3v) is 5.26. The summed E-state index contributed by atoms with van der Waals surface area (Å²) in [6.45, 7) is 2.67. The minimum absolute atomic E-state index is 0.147. The minimum atomic E-state index is -0.878. The van der Waals surface area contributed by atoms with Crippen molar-refractivity contribution in [2.75, 3.05) is 6.54 Å². The molecule has 1 amide bonds. The van der Waals surface area contributed by atoms with E-state index in [1.165, 1.54) is 0 Å². The maximum atomic E-state index is 13.2. The van der Waals surface area contributed by atoms with Gasteiger partial charge in [0.25, 0.3) is 11.5 Å². The first-order valence-corrected chi connectivity index (χ1v) is 10.1. The fourth-order valence-corrected chi connectivity index (χ4v) is 3.68. The lowest BCUT2D eigenvalue weighted by molar-refractivity contribution is -0.142. The summed E-state index contributed by atoms with van der Waals surface area (Å²) in [5.41, 5.74) is 1.65. The van der Waals surface area contributed by atoms with E-state index in [-0.39, 0.29) is 18.0 Å². The van der Waals surface area contributed by atoms with E-state index in [1.54, 1.807) is 35.2 Å². The summed E-state index contributed by atoms with van der Waals surface area (Å²) in [7, 11) is 0. The number of benzene rings is 2. The first kappa shape index (κ1) is 19.8. The number of amides is 1. The molecule has 2 heterocycles. The Labute approximate surface area is 173 Å². The van der Waals surface area contributed by atoms with Crippen LogP contribution in [0.2, 0.25) is 0 Å². The van der Waals surface area contributed by atoms with Gasteiger partial charge in [0, 0.05) is 13.0 Å². The number of carbonyl (C=O) groups is 2. The number of ether oxygens (including phenoxy) is 1. The van der Waals surface area contributed by atoms with Crippen LogP contribution in [0, 0.1) is 0 Å². The number of cyclic esters (lactones) is 1. The van der Waals surface area contributed by atoms with Crippen LogP contribution in [0.25, 0.3) is 10.9 Å². The van der Waals surface area contributed by atoms with Gasteiger partial charge in [-0.3, -0.25) is 9.59 Å². The lowest BCUT2D eigenvalue weighted by Gasteiger charge is -2.29. The standard InChI is InChI=1S/C23H23N3O4/c1-2-3-12-26(14-20-24-18-11-7-6-10-17(18)21(27)25-20)22(28)19-13-15-8-4-5-9-16(15)23(29)30-19/h4-11,19H,2-3,12-14H2,1H3,(H,24,25,27)/t19-/m1/s1. The van der Waals surface area contributed by atoms with E-state index < -0.39 is 12.1 Å². The number of fused-ring (bicyclic) bond motifs is 2. The Bertz CT molecular complexity index is 1150. The van der Waals surface area contributed by atoms with Gasteiger partial charge in [0.1, 0.15) is 5.82 Å². The maximum Gasteiger partial charge on any atom is 0.339 e. The molecular formula is C23H23N3O4. The molecule has 154 valence electrons. The number of aromatic nitrogens is 2. The normalized spacial score (nSPS) is 15.5. The molecule has 0 fully saturated rings. The number of nitrogens with one attached hydrogen (secondary N) is 1. The van der Waals surface area contributed by atoms with E-state index in [0.29, 0.717) is 35.3 Å². The molecule has 1 N–H and O–H groups in total. The van der Waals surface area contributed by atoms with Crippen molar-refractivity contribution >= 4 is 22.8 Å². The second-order valence-corrected chi connectivity index (χ2v) is 7.40. The van der Waals surface area contributed by atoms with Crippen LogP contribution in [0.1, 0.15) is 41.5 Å². The molecule has 0 spiro atoms. The average Bonchev–Trinajstić information content (AvgIpc) is 2.76. The molecule has 3 aromatic rings. The molecule has 1 aliphatic heterocycles. The summed E-state index contributed by atoms with van der Waals surface area (Å²) in [5, 5.41) is 0.505.